The minimum atomic E-state index is -5.70. The predicted molar refractivity (Wildman–Crippen MR) is 93.9 cm³/mol. The van der Waals surface area contributed by atoms with Crippen molar-refractivity contribution in [3.63, 3.8) is 0 Å². The summed E-state index contributed by atoms with van der Waals surface area (Å²) in [6.07, 6.45) is -2.13. The average Bonchev–Trinajstić information content (AvgIpc) is 3.22. The van der Waals surface area contributed by atoms with E-state index in [0.717, 1.165) is 32.2 Å². The Morgan fingerprint density at radius 2 is 1.70 bits per heavy atom. The molecule has 2 aliphatic heterocycles. The summed E-state index contributed by atoms with van der Waals surface area (Å²) in [4.78, 5) is 26.9. The number of halogens is 5. The van der Waals surface area contributed by atoms with Gasteiger partial charge in [0.05, 0.1) is 37.9 Å². The van der Waals surface area contributed by atoms with Crippen molar-refractivity contribution in [2.75, 3.05) is 33.0 Å². The fourth-order valence-corrected chi connectivity index (χ4v) is 3.76. The molecule has 3 atom stereocenters. The first-order valence-corrected chi connectivity index (χ1v) is 10.0. The maximum Gasteiger partial charge on any atom is 0.455 e. The Balaban J connectivity index is 1.39. The van der Waals surface area contributed by atoms with Crippen molar-refractivity contribution in [2.45, 2.75) is 68.4 Å². The molecule has 1 saturated carbocycles. The molecule has 0 aromatic heterocycles. The third-order valence-electron chi connectivity index (χ3n) is 5.54. The van der Waals surface area contributed by atoms with Gasteiger partial charge in [-0.05, 0) is 32.2 Å². The van der Waals surface area contributed by atoms with Crippen LogP contribution in [0.5, 0.6) is 0 Å². The standard InChI is InChI=1S/C18H26F5N3O4/c19-17(20,18(21,22)23)10-29-7-5-15(27)24-12-8-30-9-13(12)25-16(28)14-2-1-6-26(14)11-3-4-11/h11-14H,1-10H2,(H,24,27)(H,25,28)/t12-,13+,14?/m1/s1. The summed E-state index contributed by atoms with van der Waals surface area (Å²) in [5.41, 5.74) is 0. The summed E-state index contributed by atoms with van der Waals surface area (Å²) in [6.45, 7) is -1.13. The molecule has 3 aliphatic rings. The maximum atomic E-state index is 12.8. The predicted octanol–water partition coefficient (Wildman–Crippen LogP) is 1.22. The van der Waals surface area contributed by atoms with Gasteiger partial charge in [0.25, 0.3) is 0 Å². The molecule has 12 heteroatoms. The lowest BCUT2D eigenvalue weighted by Gasteiger charge is -2.26. The quantitative estimate of drug-likeness (QED) is 0.414. The highest BCUT2D eigenvalue weighted by atomic mass is 19.4. The minimum absolute atomic E-state index is 0.105. The summed E-state index contributed by atoms with van der Waals surface area (Å²) >= 11 is 0. The van der Waals surface area contributed by atoms with E-state index in [-0.39, 0.29) is 31.6 Å². The molecule has 1 aliphatic carbocycles. The molecule has 0 radical (unpaired) electrons. The highest BCUT2D eigenvalue weighted by Crippen LogP contribution is 2.35. The van der Waals surface area contributed by atoms with E-state index >= 15 is 0 Å². The number of carbonyl (C=O) groups is 2. The van der Waals surface area contributed by atoms with Crippen LogP contribution in [0, 0.1) is 0 Å². The zero-order valence-electron chi connectivity index (χ0n) is 16.4. The summed E-state index contributed by atoms with van der Waals surface area (Å²) < 4.78 is 71.3. The number of rotatable bonds is 9. The fourth-order valence-electron chi connectivity index (χ4n) is 3.76. The normalized spacial score (nSPS) is 28.0. The molecule has 2 saturated heterocycles. The SMILES string of the molecule is O=C(CCOCC(F)(F)C(F)(F)F)N[C@@H]1COC[C@@H]1NC(=O)C1CCCN1C1CC1. The third kappa shape index (κ3) is 5.79. The molecule has 0 aromatic carbocycles. The lowest BCUT2D eigenvalue weighted by atomic mass is 10.1. The van der Waals surface area contributed by atoms with Gasteiger partial charge in [-0.1, -0.05) is 0 Å². The lowest BCUT2D eigenvalue weighted by Crippen LogP contribution is -2.55. The molecule has 0 spiro atoms. The van der Waals surface area contributed by atoms with Crippen molar-refractivity contribution in [2.24, 2.45) is 0 Å². The number of hydrogen-bond acceptors (Lipinski definition) is 5. The van der Waals surface area contributed by atoms with E-state index < -0.39 is 43.3 Å². The largest absolute Gasteiger partial charge is 0.455 e. The number of hydrogen-bond donors (Lipinski definition) is 2. The topological polar surface area (TPSA) is 79.9 Å². The van der Waals surface area contributed by atoms with Crippen LogP contribution in [0.1, 0.15) is 32.1 Å². The molecular formula is C18H26F5N3O4. The second-order valence-electron chi connectivity index (χ2n) is 7.96. The van der Waals surface area contributed by atoms with Crippen LogP contribution in [-0.4, -0.2) is 86.0 Å². The van der Waals surface area contributed by atoms with Gasteiger partial charge in [-0.3, -0.25) is 14.5 Å². The molecule has 30 heavy (non-hydrogen) atoms. The van der Waals surface area contributed by atoms with E-state index in [2.05, 4.69) is 20.3 Å². The first-order chi connectivity index (χ1) is 14.1. The summed E-state index contributed by atoms with van der Waals surface area (Å²) in [6, 6.07) is -0.645. The van der Waals surface area contributed by atoms with Gasteiger partial charge < -0.3 is 20.1 Å². The van der Waals surface area contributed by atoms with Gasteiger partial charge in [-0.15, -0.1) is 0 Å². The van der Waals surface area contributed by atoms with Crippen molar-refractivity contribution in [3.8, 4) is 0 Å². The Morgan fingerprint density at radius 3 is 2.33 bits per heavy atom. The highest BCUT2D eigenvalue weighted by Gasteiger charge is 2.57. The number of nitrogens with zero attached hydrogens (tertiary/aromatic N) is 1. The summed E-state index contributed by atoms with van der Waals surface area (Å²) in [7, 11) is 0. The van der Waals surface area contributed by atoms with Crippen molar-refractivity contribution in [1.82, 2.24) is 15.5 Å². The van der Waals surface area contributed by atoms with Crippen LogP contribution in [0.25, 0.3) is 0 Å². The molecule has 2 N–H and O–H groups in total. The molecule has 0 bridgehead atoms. The number of ether oxygens (including phenoxy) is 2. The van der Waals surface area contributed by atoms with Crippen molar-refractivity contribution in [1.29, 1.82) is 0 Å². The Labute approximate surface area is 170 Å². The van der Waals surface area contributed by atoms with Crippen LogP contribution >= 0.6 is 0 Å². The van der Waals surface area contributed by atoms with Crippen LogP contribution in [-0.2, 0) is 19.1 Å². The van der Waals surface area contributed by atoms with Crippen LogP contribution < -0.4 is 10.6 Å². The van der Waals surface area contributed by atoms with E-state index in [1.807, 2.05) is 0 Å². The number of carbonyl (C=O) groups excluding carboxylic acids is 2. The Bertz CT molecular complexity index is 629. The number of nitrogens with one attached hydrogen (secondary N) is 2. The number of alkyl halides is 5. The van der Waals surface area contributed by atoms with Crippen molar-refractivity contribution in [3.05, 3.63) is 0 Å². The first kappa shape index (κ1) is 23.1. The Hall–Kier alpha value is -1.53. The summed E-state index contributed by atoms with van der Waals surface area (Å²) in [5, 5.41) is 5.53. The molecule has 1 unspecified atom stereocenters. The molecule has 172 valence electrons. The molecule has 3 rings (SSSR count). The van der Waals surface area contributed by atoms with Gasteiger partial charge in [-0.25, -0.2) is 0 Å². The average molecular weight is 443 g/mol. The molecule has 2 heterocycles. The van der Waals surface area contributed by atoms with Crippen molar-refractivity contribution >= 4 is 11.8 Å². The van der Waals surface area contributed by atoms with Gasteiger partial charge in [-0.2, -0.15) is 22.0 Å². The van der Waals surface area contributed by atoms with E-state index in [4.69, 9.17) is 4.74 Å². The Morgan fingerprint density at radius 1 is 1.03 bits per heavy atom. The molecule has 0 aromatic rings. The second-order valence-corrected chi connectivity index (χ2v) is 7.96. The number of amides is 2. The fraction of sp³-hybridized carbons (Fsp3) is 0.889. The number of likely N-dealkylation sites (tertiary alicyclic amines) is 1. The van der Waals surface area contributed by atoms with Crippen molar-refractivity contribution < 1.29 is 41.0 Å². The first-order valence-electron chi connectivity index (χ1n) is 10.0. The van der Waals surface area contributed by atoms with Crippen LogP contribution in [0.3, 0.4) is 0 Å². The van der Waals surface area contributed by atoms with Gasteiger partial charge in [0, 0.05) is 12.5 Å². The second kappa shape index (κ2) is 9.31. The maximum absolute atomic E-state index is 12.8. The molecule has 7 nitrogen and oxygen atoms in total. The zero-order valence-corrected chi connectivity index (χ0v) is 16.4. The van der Waals surface area contributed by atoms with E-state index in [0.29, 0.717) is 6.04 Å². The van der Waals surface area contributed by atoms with E-state index in [9.17, 15) is 31.5 Å². The van der Waals surface area contributed by atoms with Gasteiger partial charge in [0.1, 0.15) is 6.61 Å². The smallest absolute Gasteiger partial charge is 0.377 e. The van der Waals surface area contributed by atoms with Gasteiger partial charge >= 0.3 is 12.1 Å². The molecule has 2 amide bonds. The van der Waals surface area contributed by atoms with Crippen LogP contribution in [0.2, 0.25) is 0 Å². The van der Waals surface area contributed by atoms with E-state index in [1.165, 1.54) is 0 Å². The molecular weight excluding hydrogens is 417 g/mol. The van der Waals surface area contributed by atoms with Crippen LogP contribution in [0.4, 0.5) is 22.0 Å². The highest BCUT2D eigenvalue weighted by molar-refractivity contribution is 5.83. The minimum Gasteiger partial charge on any atom is -0.377 e. The molecule has 3 fully saturated rings. The third-order valence-corrected chi connectivity index (χ3v) is 5.54. The zero-order chi connectivity index (χ0) is 21.9. The lowest BCUT2D eigenvalue weighted by molar-refractivity contribution is -0.296. The Kier molecular flexibility index (Phi) is 7.18. The van der Waals surface area contributed by atoms with Crippen LogP contribution in [0.15, 0.2) is 0 Å². The monoisotopic (exact) mass is 443 g/mol. The van der Waals surface area contributed by atoms with Gasteiger partial charge in [0.2, 0.25) is 11.8 Å². The van der Waals surface area contributed by atoms with Gasteiger partial charge in [0.15, 0.2) is 0 Å². The summed E-state index contributed by atoms with van der Waals surface area (Å²) in [5.74, 6) is -5.65. The van der Waals surface area contributed by atoms with E-state index in [1.54, 1.807) is 0 Å².